The van der Waals surface area contributed by atoms with E-state index in [2.05, 4.69) is 6.92 Å². The molecule has 0 N–H and O–H groups in total. The molecule has 18 heavy (non-hydrogen) atoms. The van der Waals surface area contributed by atoms with E-state index in [-0.39, 0.29) is 11.5 Å². The third kappa shape index (κ3) is 5.65. The predicted octanol–water partition coefficient (Wildman–Crippen LogP) is 3.49. The van der Waals surface area contributed by atoms with Gasteiger partial charge in [0.15, 0.2) is 0 Å². The lowest BCUT2D eigenvalue weighted by Gasteiger charge is -2.05. The van der Waals surface area contributed by atoms with Gasteiger partial charge in [0.25, 0.3) is 10.1 Å². The zero-order valence-electron chi connectivity index (χ0n) is 10.6. The summed E-state index contributed by atoms with van der Waals surface area (Å²) in [7, 11) is -0.206. The van der Waals surface area contributed by atoms with Gasteiger partial charge in [0.2, 0.25) is 0 Å². The molecule has 6 heteroatoms. The molecule has 0 aromatic heterocycles. The summed E-state index contributed by atoms with van der Waals surface area (Å²) in [5.41, 5.74) is 1.03. The van der Waals surface area contributed by atoms with Gasteiger partial charge in [0, 0.05) is 11.5 Å². The Labute approximate surface area is 117 Å². The summed E-state index contributed by atoms with van der Waals surface area (Å²) in [5.74, 6) is 1.76. The van der Waals surface area contributed by atoms with Crippen LogP contribution in [0.3, 0.4) is 0 Å². The average Bonchev–Trinajstić information content (AvgIpc) is 2.34. The Balaban J connectivity index is 2.38. The van der Waals surface area contributed by atoms with Crippen LogP contribution in [0.4, 0.5) is 0 Å². The number of aryl methyl sites for hydroxylation is 1. The largest absolute Gasteiger partial charge is 0.297 e. The predicted molar refractivity (Wildman–Crippen MR) is 79.5 cm³/mol. The SMILES string of the molecule is CCCSSCCOS(=O)(=O)c1ccc(C)cc1. The standard InChI is InChI=1S/C12H18O3S3/c1-3-9-16-17-10-8-15-18(13,14)12-6-4-11(2)5-7-12/h4-7H,3,8-10H2,1-2H3. The van der Waals surface area contributed by atoms with E-state index in [9.17, 15) is 8.42 Å². The third-order valence-electron chi connectivity index (χ3n) is 2.09. The van der Waals surface area contributed by atoms with Crippen molar-refractivity contribution in [2.45, 2.75) is 25.2 Å². The highest BCUT2D eigenvalue weighted by Crippen LogP contribution is 2.22. The first-order valence-corrected chi connectivity index (χ1v) is 9.66. The first-order chi connectivity index (χ1) is 8.56. The summed E-state index contributed by atoms with van der Waals surface area (Å²) in [4.78, 5) is 0.222. The van der Waals surface area contributed by atoms with Crippen LogP contribution in [0.25, 0.3) is 0 Å². The molecule has 0 saturated carbocycles. The summed E-state index contributed by atoms with van der Waals surface area (Å²) in [6.07, 6.45) is 1.13. The second kappa shape index (κ2) is 8.09. The van der Waals surface area contributed by atoms with Crippen molar-refractivity contribution >= 4 is 31.7 Å². The smallest absolute Gasteiger partial charge is 0.265 e. The van der Waals surface area contributed by atoms with Crippen molar-refractivity contribution < 1.29 is 12.6 Å². The quantitative estimate of drug-likeness (QED) is 0.418. The van der Waals surface area contributed by atoms with Crippen LogP contribution in [0.5, 0.6) is 0 Å². The van der Waals surface area contributed by atoms with E-state index >= 15 is 0 Å². The molecule has 0 heterocycles. The molecule has 1 rings (SSSR count). The minimum Gasteiger partial charge on any atom is -0.265 e. The Kier molecular flexibility index (Phi) is 7.14. The molecule has 0 aliphatic rings. The second-order valence-corrected chi connectivity index (χ2v) is 8.05. The monoisotopic (exact) mass is 306 g/mol. The molecule has 1 aromatic rings. The Bertz CT molecular complexity index is 440. The third-order valence-corrected chi connectivity index (χ3v) is 5.99. The van der Waals surface area contributed by atoms with Gasteiger partial charge in [-0.05, 0) is 25.5 Å². The average molecular weight is 306 g/mol. The summed E-state index contributed by atoms with van der Waals surface area (Å²) >= 11 is 0. The van der Waals surface area contributed by atoms with E-state index in [4.69, 9.17) is 4.18 Å². The van der Waals surface area contributed by atoms with Gasteiger partial charge in [-0.3, -0.25) is 4.18 Å². The van der Waals surface area contributed by atoms with Crippen LogP contribution < -0.4 is 0 Å². The van der Waals surface area contributed by atoms with E-state index in [0.717, 1.165) is 17.7 Å². The van der Waals surface area contributed by atoms with Crippen LogP contribution >= 0.6 is 21.6 Å². The van der Waals surface area contributed by atoms with Crippen LogP contribution in [0.1, 0.15) is 18.9 Å². The molecule has 0 aliphatic carbocycles. The lowest BCUT2D eigenvalue weighted by atomic mass is 10.2. The lowest BCUT2D eigenvalue weighted by Crippen LogP contribution is -2.08. The molecule has 0 unspecified atom stereocenters. The topological polar surface area (TPSA) is 43.4 Å². The molecular formula is C12H18O3S3. The first kappa shape index (κ1) is 15.9. The Hall–Kier alpha value is -0.170. The molecule has 0 bridgehead atoms. The van der Waals surface area contributed by atoms with Crippen molar-refractivity contribution in [1.29, 1.82) is 0 Å². The molecule has 0 atom stereocenters. The second-order valence-electron chi connectivity index (χ2n) is 3.73. The molecule has 102 valence electrons. The summed E-state index contributed by atoms with van der Waals surface area (Å²) < 4.78 is 28.6. The van der Waals surface area contributed by atoms with Crippen LogP contribution in [0, 0.1) is 6.92 Å². The molecule has 0 saturated heterocycles. The Morgan fingerprint density at radius 3 is 2.33 bits per heavy atom. The lowest BCUT2D eigenvalue weighted by molar-refractivity contribution is 0.341. The fraction of sp³-hybridized carbons (Fsp3) is 0.500. The van der Waals surface area contributed by atoms with Gasteiger partial charge in [0.1, 0.15) is 0 Å². The van der Waals surface area contributed by atoms with Crippen molar-refractivity contribution in [3.63, 3.8) is 0 Å². The van der Waals surface area contributed by atoms with Gasteiger partial charge < -0.3 is 0 Å². The molecule has 1 aromatic carbocycles. The molecule has 0 spiro atoms. The van der Waals surface area contributed by atoms with Crippen molar-refractivity contribution in [2.24, 2.45) is 0 Å². The van der Waals surface area contributed by atoms with Gasteiger partial charge in [-0.15, -0.1) is 0 Å². The van der Waals surface area contributed by atoms with E-state index in [1.165, 1.54) is 0 Å². The first-order valence-electron chi connectivity index (χ1n) is 5.77. The minimum absolute atomic E-state index is 0.220. The zero-order chi connectivity index (χ0) is 13.4. The van der Waals surface area contributed by atoms with Crippen molar-refractivity contribution in [3.8, 4) is 0 Å². The minimum atomic E-state index is -3.59. The molecule has 0 radical (unpaired) electrons. The number of rotatable bonds is 8. The maximum Gasteiger partial charge on any atom is 0.297 e. The summed E-state index contributed by atoms with van der Waals surface area (Å²) in [5, 5.41) is 0. The fourth-order valence-electron chi connectivity index (χ4n) is 1.15. The number of benzene rings is 1. The van der Waals surface area contributed by atoms with Crippen molar-refractivity contribution in [3.05, 3.63) is 29.8 Å². The maximum atomic E-state index is 11.8. The molecule has 0 amide bonds. The van der Waals surface area contributed by atoms with Gasteiger partial charge in [-0.1, -0.05) is 46.2 Å². The molecular weight excluding hydrogens is 288 g/mol. The molecule has 0 fully saturated rings. The van der Waals surface area contributed by atoms with Crippen LogP contribution in [-0.4, -0.2) is 26.5 Å². The normalized spacial score (nSPS) is 11.7. The van der Waals surface area contributed by atoms with E-state index in [0.29, 0.717) is 5.75 Å². The Morgan fingerprint density at radius 2 is 1.72 bits per heavy atom. The fourth-order valence-corrected chi connectivity index (χ4v) is 4.13. The van der Waals surface area contributed by atoms with Crippen molar-refractivity contribution in [2.75, 3.05) is 18.1 Å². The highest BCUT2D eigenvalue weighted by molar-refractivity contribution is 8.76. The van der Waals surface area contributed by atoms with Crippen LogP contribution in [-0.2, 0) is 14.3 Å². The zero-order valence-corrected chi connectivity index (χ0v) is 13.0. The van der Waals surface area contributed by atoms with E-state index in [1.54, 1.807) is 45.9 Å². The summed E-state index contributed by atoms with van der Waals surface area (Å²) in [6, 6.07) is 6.68. The highest BCUT2D eigenvalue weighted by atomic mass is 33.1. The maximum absolute atomic E-state index is 11.8. The van der Waals surface area contributed by atoms with Gasteiger partial charge in [-0.2, -0.15) is 8.42 Å². The van der Waals surface area contributed by atoms with Gasteiger partial charge in [-0.25, -0.2) is 0 Å². The summed E-state index contributed by atoms with van der Waals surface area (Å²) in [6.45, 7) is 4.25. The highest BCUT2D eigenvalue weighted by Gasteiger charge is 2.14. The van der Waals surface area contributed by atoms with E-state index < -0.39 is 10.1 Å². The van der Waals surface area contributed by atoms with E-state index in [1.807, 2.05) is 6.92 Å². The van der Waals surface area contributed by atoms with Crippen LogP contribution in [0.15, 0.2) is 29.2 Å². The molecule has 3 nitrogen and oxygen atoms in total. The van der Waals surface area contributed by atoms with Crippen LogP contribution in [0.2, 0.25) is 0 Å². The molecule has 0 aliphatic heterocycles. The number of hydrogen-bond donors (Lipinski definition) is 0. The van der Waals surface area contributed by atoms with Gasteiger partial charge in [0.05, 0.1) is 11.5 Å². The number of hydrogen-bond acceptors (Lipinski definition) is 5. The van der Waals surface area contributed by atoms with Crippen molar-refractivity contribution in [1.82, 2.24) is 0 Å². The Morgan fingerprint density at radius 1 is 1.11 bits per heavy atom. The van der Waals surface area contributed by atoms with Gasteiger partial charge >= 0.3 is 0 Å².